The second-order valence-electron chi connectivity index (χ2n) is 4.82. The Hall–Kier alpha value is -0.750. The summed E-state index contributed by atoms with van der Waals surface area (Å²) in [7, 11) is 0. The number of aliphatic hydroxyl groups excluding tert-OH is 1. The van der Waals surface area contributed by atoms with Crippen LogP contribution in [0, 0.1) is 5.92 Å². The van der Waals surface area contributed by atoms with Crippen molar-refractivity contribution in [1.82, 2.24) is 0 Å². The first-order valence-corrected chi connectivity index (χ1v) is 5.58. The summed E-state index contributed by atoms with van der Waals surface area (Å²) < 4.78 is 36.6. The van der Waals surface area contributed by atoms with Crippen LogP contribution in [0.15, 0.2) is 0 Å². The maximum Gasteiger partial charge on any atom is 0.379 e. The molecular formula is C11H18F2O4. The first-order chi connectivity index (χ1) is 7.70. The van der Waals surface area contributed by atoms with Gasteiger partial charge in [-0.2, -0.15) is 8.78 Å². The van der Waals surface area contributed by atoms with Crippen molar-refractivity contribution in [3.63, 3.8) is 0 Å². The summed E-state index contributed by atoms with van der Waals surface area (Å²) in [5.41, 5.74) is -0.545. The second-order valence-corrected chi connectivity index (χ2v) is 4.82. The molecule has 0 aromatic heterocycles. The molecule has 2 atom stereocenters. The fraction of sp³-hybridized carbons (Fsp3) is 0.909. The number of esters is 1. The molecule has 0 aliphatic carbocycles. The third kappa shape index (κ3) is 3.13. The van der Waals surface area contributed by atoms with Gasteiger partial charge in [-0.05, 0) is 27.2 Å². The molecule has 17 heavy (non-hydrogen) atoms. The molecule has 0 aromatic rings. The van der Waals surface area contributed by atoms with Gasteiger partial charge in [-0.25, -0.2) is 4.79 Å². The minimum Gasteiger partial charge on any atom is -0.461 e. The first-order valence-electron chi connectivity index (χ1n) is 5.58. The molecule has 1 aliphatic rings. The monoisotopic (exact) mass is 252 g/mol. The molecule has 1 fully saturated rings. The van der Waals surface area contributed by atoms with E-state index in [0.29, 0.717) is 0 Å². The quantitative estimate of drug-likeness (QED) is 0.768. The van der Waals surface area contributed by atoms with Gasteiger partial charge in [0, 0.05) is 5.92 Å². The Morgan fingerprint density at radius 1 is 1.65 bits per heavy atom. The van der Waals surface area contributed by atoms with E-state index in [1.807, 2.05) is 0 Å². The maximum atomic E-state index is 13.5. The highest BCUT2D eigenvalue weighted by atomic mass is 19.3. The van der Waals surface area contributed by atoms with Crippen LogP contribution in [-0.4, -0.2) is 41.9 Å². The fourth-order valence-electron chi connectivity index (χ4n) is 1.93. The lowest BCUT2D eigenvalue weighted by molar-refractivity contribution is -0.193. The van der Waals surface area contributed by atoms with Crippen LogP contribution in [0.25, 0.3) is 0 Å². The van der Waals surface area contributed by atoms with Crippen LogP contribution in [0.3, 0.4) is 0 Å². The highest BCUT2D eigenvalue weighted by Gasteiger charge is 2.53. The van der Waals surface area contributed by atoms with E-state index in [1.54, 1.807) is 13.8 Å². The van der Waals surface area contributed by atoms with Gasteiger partial charge in [-0.3, -0.25) is 0 Å². The fourth-order valence-corrected chi connectivity index (χ4v) is 1.93. The largest absolute Gasteiger partial charge is 0.461 e. The third-order valence-corrected chi connectivity index (χ3v) is 2.81. The minimum atomic E-state index is -3.88. The van der Waals surface area contributed by atoms with Gasteiger partial charge in [0.25, 0.3) is 0 Å². The van der Waals surface area contributed by atoms with Crippen LogP contribution in [0.5, 0.6) is 0 Å². The number of ether oxygens (including phenoxy) is 2. The lowest BCUT2D eigenvalue weighted by atomic mass is 9.90. The van der Waals surface area contributed by atoms with E-state index in [9.17, 15) is 18.7 Å². The minimum absolute atomic E-state index is 0.0170. The molecule has 0 bridgehead atoms. The topological polar surface area (TPSA) is 55.8 Å². The zero-order chi connectivity index (χ0) is 13.3. The Morgan fingerprint density at radius 2 is 2.24 bits per heavy atom. The van der Waals surface area contributed by atoms with Crippen molar-refractivity contribution >= 4 is 5.97 Å². The van der Waals surface area contributed by atoms with Crippen molar-refractivity contribution < 1.29 is 28.2 Å². The predicted molar refractivity (Wildman–Crippen MR) is 55.7 cm³/mol. The van der Waals surface area contributed by atoms with Crippen molar-refractivity contribution in [3.8, 4) is 0 Å². The number of aliphatic hydroxyl groups is 1. The second kappa shape index (κ2) is 4.86. The van der Waals surface area contributed by atoms with Crippen molar-refractivity contribution in [1.29, 1.82) is 0 Å². The maximum absolute atomic E-state index is 13.5. The van der Waals surface area contributed by atoms with Crippen molar-refractivity contribution in [2.75, 3.05) is 13.2 Å². The number of rotatable bonds is 4. The Kier molecular flexibility index (Phi) is 4.09. The average molecular weight is 252 g/mol. The zero-order valence-corrected chi connectivity index (χ0v) is 10.2. The van der Waals surface area contributed by atoms with Gasteiger partial charge < -0.3 is 14.6 Å². The predicted octanol–water partition coefficient (Wildman–Crippen LogP) is 1.36. The molecule has 1 heterocycles. The molecule has 0 amide bonds. The summed E-state index contributed by atoms with van der Waals surface area (Å²) in [6.45, 7) is 4.81. The molecule has 0 unspecified atom stereocenters. The van der Waals surface area contributed by atoms with Gasteiger partial charge in [0.15, 0.2) is 0 Å². The van der Waals surface area contributed by atoms with E-state index in [1.165, 1.54) is 6.92 Å². The summed E-state index contributed by atoms with van der Waals surface area (Å²) in [6, 6.07) is 0. The van der Waals surface area contributed by atoms with E-state index in [4.69, 9.17) is 4.74 Å². The van der Waals surface area contributed by atoms with Gasteiger partial charge in [0.1, 0.15) is 6.10 Å². The highest BCUT2D eigenvalue weighted by molar-refractivity contribution is 5.78. The van der Waals surface area contributed by atoms with E-state index >= 15 is 0 Å². The number of alkyl halides is 2. The Bertz CT molecular complexity index is 291. The molecule has 1 aliphatic heterocycles. The van der Waals surface area contributed by atoms with E-state index < -0.39 is 29.5 Å². The highest BCUT2D eigenvalue weighted by Crippen LogP contribution is 2.36. The average Bonchev–Trinajstić information content (AvgIpc) is 2.58. The van der Waals surface area contributed by atoms with Gasteiger partial charge in [0.05, 0.1) is 18.8 Å². The summed E-state index contributed by atoms with van der Waals surface area (Å²) in [5, 5.41) is 9.58. The lowest BCUT2D eigenvalue weighted by Crippen LogP contribution is -2.47. The first kappa shape index (κ1) is 14.3. The van der Waals surface area contributed by atoms with E-state index in [0.717, 1.165) is 0 Å². The van der Waals surface area contributed by atoms with Gasteiger partial charge in [0.2, 0.25) is 0 Å². The van der Waals surface area contributed by atoms with Crippen LogP contribution in [0.1, 0.15) is 27.2 Å². The summed E-state index contributed by atoms with van der Waals surface area (Å²) in [6.07, 6.45) is -1.79. The molecule has 0 aromatic carbocycles. The van der Waals surface area contributed by atoms with Gasteiger partial charge in [-0.1, -0.05) is 0 Å². The van der Waals surface area contributed by atoms with Crippen molar-refractivity contribution in [2.45, 2.75) is 44.8 Å². The molecule has 0 radical (unpaired) electrons. The van der Waals surface area contributed by atoms with Crippen LogP contribution >= 0.6 is 0 Å². The molecule has 6 heteroatoms. The Balaban J connectivity index is 2.69. The van der Waals surface area contributed by atoms with Crippen LogP contribution in [0.2, 0.25) is 0 Å². The van der Waals surface area contributed by atoms with Crippen LogP contribution in [-0.2, 0) is 14.3 Å². The molecule has 100 valence electrons. The Morgan fingerprint density at radius 3 is 2.65 bits per heavy atom. The third-order valence-electron chi connectivity index (χ3n) is 2.81. The number of hydrogen-bond donors (Lipinski definition) is 1. The number of carbonyl (C=O) groups is 1. The molecule has 1 N–H and O–H groups in total. The summed E-state index contributed by atoms with van der Waals surface area (Å²) in [5.74, 6) is -6.33. The zero-order valence-electron chi connectivity index (χ0n) is 10.2. The van der Waals surface area contributed by atoms with Gasteiger partial charge in [-0.15, -0.1) is 0 Å². The lowest BCUT2D eigenvalue weighted by Gasteiger charge is -2.25. The van der Waals surface area contributed by atoms with Crippen LogP contribution in [0.4, 0.5) is 8.78 Å². The SMILES string of the molecule is CCOC(=O)C(F)(F)[C@H](O)[C@@H]1COC(C)(C)C1. The van der Waals surface area contributed by atoms with Gasteiger partial charge >= 0.3 is 11.9 Å². The number of hydrogen-bond acceptors (Lipinski definition) is 4. The standard InChI is InChI=1S/C11H18F2O4/c1-4-16-9(15)11(12,13)8(14)7-5-10(2,3)17-6-7/h7-8,14H,4-6H2,1-3H3/t7-,8+/m0/s1. The smallest absolute Gasteiger partial charge is 0.379 e. The molecule has 0 saturated carbocycles. The molecule has 1 saturated heterocycles. The van der Waals surface area contributed by atoms with Crippen molar-refractivity contribution in [3.05, 3.63) is 0 Å². The Labute approximate surface area is 98.9 Å². The van der Waals surface area contributed by atoms with Crippen molar-refractivity contribution in [2.24, 2.45) is 5.92 Å². The summed E-state index contributed by atoms with van der Waals surface area (Å²) in [4.78, 5) is 11.1. The number of carbonyl (C=O) groups excluding carboxylic acids is 1. The normalized spacial score (nSPS) is 25.6. The molecule has 1 rings (SSSR count). The number of halogens is 2. The van der Waals surface area contributed by atoms with E-state index in [-0.39, 0.29) is 19.6 Å². The molecule has 4 nitrogen and oxygen atoms in total. The summed E-state index contributed by atoms with van der Waals surface area (Å²) >= 11 is 0. The van der Waals surface area contributed by atoms with Crippen LogP contribution < -0.4 is 0 Å². The molecule has 0 spiro atoms. The molecular weight excluding hydrogens is 234 g/mol. The van der Waals surface area contributed by atoms with E-state index in [2.05, 4.69) is 4.74 Å².